The Hall–Kier alpha value is -1.88. The quantitative estimate of drug-likeness (QED) is 0.847. The van der Waals surface area contributed by atoms with Crippen molar-refractivity contribution in [3.8, 4) is 0 Å². The number of rotatable bonds is 4. The van der Waals surface area contributed by atoms with E-state index < -0.39 is 11.8 Å². The van der Waals surface area contributed by atoms with Gasteiger partial charge in [-0.05, 0) is 50.6 Å². The third-order valence-corrected chi connectivity index (χ3v) is 4.29. The third kappa shape index (κ3) is 3.42. The predicted octanol–water partition coefficient (Wildman–Crippen LogP) is 4.46. The second-order valence-electron chi connectivity index (χ2n) is 4.92. The average Bonchev–Trinajstić information content (AvgIpc) is 2.78. The summed E-state index contributed by atoms with van der Waals surface area (Å²) in [6.45, 7) is 6.14. The Morgan fingerprint density at radius 3 is 2.62 bits per heavy atom. The highest BCUT2D eigenvalue weighted by Gasteiger charge is 2.17. The molecule has 0 bridgehead atoms. The zero-order valence-electron chi connectivity index (χ0n) is 12.5. The van der Waals surface area contributed by atoms with Crippen molar-refractivity contribution in [2.75, 3.05) is 12.4 Å². The van der Waals surface area contributed by atoms with Crippen LogP contribution in [-0.2, 0) is 4.74 Å². The van der Waals surface area contributed by atoms with Crippen molar-refractivity contribution in [3.05, 3.63) is 51.0 Å². The number of methoxy groups -OCH3 is 1. The molecule has 1 atom stereocenters. The van der Waals surface area contributed by atoms with E-state index in [0.29, 0.717) is 5.69 Å². The van der Waals surface area contributed by atoms with Gasteiger partial charge < -0.3 is 10.1 Å². The van der Waals surface area contributed by atoms with Gasteiger partial charge in [-0.15, -0.1) is 11.3 Å². The molecule has 2 rings (SSSR count). The number of ether oxygens (including phenoxy) is 1. The summed E-state index contributed by atoms with van der Waals surface area (Å²) in [5.74, 6) is -1.02. The molecule has 3 nitrogen and oxygen atoms in total. The van der Waals surface area contributed by atoms with Crippen LogP contribution in [0.2, 0.25) is 0 Å². The molecule has 112 valence electrons. The summed E-state index contributed by atoms with van der Waals surface area (Å²) in [5, 5.41) is 3.26. The van der Waals surface area contributed by atoms with Crippen LogP contribution < -0.4 is 5.32 Å². The molecular weight excluding hydrogens is 289 g/mol. The Kier molecular flexibility index (Phi) is 4.63. The van der Waals surface area contributed by atoms with Gasteiger partial charge in [0.05, 0.1) is 12.7 Å². The van der Waals surface area contributed by atoms with Gasteiger partial charge in [-0.3, -0.25) is 0 Å². The van der Waals surface area contributed by atoms with Crippen molar-refractivity contribution in [2.24, 2.45) is 0 Å². The molecule has 5 heteroatoms. The molecule has 0 saturated heterocycles. The summed E-state index contributed by atoms with van der Waals surface area (Å²) in [7, 11) is 1.28. The Labute approximate surface area is 127 Å². The SMILES string of the molecule is COC(=O)c1cc(F)ccc1NC(C)c1cc(C)sc1C. The fourth-order valence-electron chi connectivity index (χ4n) is 2.31. The van der Waals surface area contributed by atoms with E-state index in [1.807, 2.05) is 6.92 Å². The van der Waals surface area contributed by atoms with Gasteiger partial charge in [-0.1, -0.05) is 0 Å². The van der Waals surface area contributed by atoms with Gasteiger partial charge in [0, 0.05) is 21.5 Å². The summed E-state index contributed by atoms with van der Waals surface area (Å²) in [6.07, 6.45) is 0. The number of hydrogen-bond acceptors (Lipinski definition) is 4. The molecule has 1 aromatic heterocycles. The Bertz CT molecular complexity index is 666. The van der Waals surface area contributed by atoms with Crippen molar-refractivity contribution < 1.29 is 13.9 Å². The van der Waals surface area contributed by atoms with Crippen LogP contribution >= 0.6 is 11.3 Å². The van der Waals surface area contributed by atoms with Gasteiger partial charge in [0.2, 0.25) is 0 Å². The molecule has 0 radical (unpaired) electrons. The fourth-order valence-corrected chi connectivity index (χ4v) is 3.33. The summed E-state index contributed by atoms with van der Waals surface area (Å²) in [4.78, 5) is 14.2. The van der Waals surface area contributed by atoms with E-state index in [2.05, 4.69) is 25.2 Å². The van der Waals surface area contributed by atoms with Crippen LogP contribution in [-0.4, -0.2) is 13.1 Å². The minimum atomic E-state index is -0.553. The van der Waals surface area contributed by atoms with E-state index >= 15 is 0 Å². The van der Waals surface area contributed by atoms with E-state index in [-0.39, 0.29) is 11.6 Å². The second-order valence-corrected chi connectivity index (χ2v) is 6.38. The molecule has 21 heavy (non-hydrogen) atoms. The largest absolute Gasteiger partial charge is 0.465 e. The highest BCUT2D eigenvalue weighted by Crippen LogP contribution is 2.30. The van der Waals surface area contributed by atoms with Crippen molar-refractivity contribution in [1.82, 2.24) is 0 Å². The lowest BCUT2D eigenvalue weighted by atomic mass is 10.1. The summed E-state index contributed by atoms with van der Waals surface area (Å²) in [6, 6.07) is 6.22. The van der Waals surface area contributed by atoms with E-state index in [4.69, 9.17) is 4.74 Å². The zero-order valence-corrected chi connectivity index (χ0v) is 13.3. The highest BCUT2D eigenvalue weighted by atomic mass is 32.1. The minimum Gasteiger partial charge on any atom is -0.465 e. The lowest BCUT2D eigenvalue weighted by Crippen LogP contribution is -2.12. The first-order valence-electron chi connectivity index (χ1n) is 6.63. The minimum absolute atomic E-state index is 0.0174. The van der Waals surface area contributed by atoms with Crippen LogP contribution in [0.1, 0.15) is 38.6 Å². The van der Waals surface area contributed by atoms with Crippen molar-refractivity contribution in [2.45, 2.75) is 26.8 Å². The van der Waals surface area contributed by atoms with Crippen LogP contribution in [0.5, 0.6) is 0 Å². The van der Waals surface area contributed by atoms with Gasteiger partial charge in [-0.2, -0.15) is 0 Å². The van der Waals surface area contributed by atoms with Crippen LogP contribution in [0, 0.1) is 19.7 Å². The van der Waals surface area contributed by atoms with Crippen LogP contribution in [0.3, 0.4) is 0 Å². The molecule has 1 heterocycles. The molecule has 1 aromatic carbocycles. The molecule has 0 aliphatic heterocycles. The number of benzene rings is 1. The maximum Gasteiger partial charge on any atom is 0.340 e. The van der Waals surface area contributed by atoms with Crippen molar-refractivity contribution in [3.63, 3.8) is 0 Å². The Morgan fingerprint density at radius 1 is 1.33 bits per heavy atom. The molecule has 0 aliphatic rings. The van der Waals surface area contributed by atoms with Crippen molar-refractivity contribution in [1.29, 1.82) is 0 Å². The van der Waals surface area contributed by atoms with Gasteiger partial charge in [-0.25, -0.2) is 9.18 Å². The Balaban J connectivity index is 2.31. The normalized spacial score (nSPS) is 12.0. The number of halogens is 1. The maximum absolute atomic E-state index is 13.3. The van der Waals surface area contributed by atoms with Gasteiger partial charge in [0.25, 0.3) is 0 Å². The lowest BCUT2D eigenvalue weighted by Gasteiger charge is -2.17. The maximum atomic E-state index is 13.3. The third-order valence-electron chi connectivity index (χ3n) is 3.30. The van der Waals surface area contributed by atoms with E-state index in [9.17, 15) is 9.18 Å². The van der Waals surface area contributed by atoms with Crippen LogP contribution in [0.25, 0.3) is 0 Å². The molecule has 0 saturated carbocycles. The van der Waals surface area contributed by atoms with Gasteiger partial charge in [0.1, 0.15) is 5.82 Å². The number of nitrogens with one attached hydrogen (secondary N) is 1. The molecular formula is C16H18FNO2S. The summed E-state index contributed by atoms with van der Waals surface area (Å²) < 4.78 is 18.0. The molecule has 2 aromatic rings. The number of carbonyl (C=O) groups excluding carboxylic acids is 1. The van der Waals surface area contributed by atoms with E-state index in [1.54, 1.807) is 17.4 Å². The first-order chi connectivity index (χ1) is 9.92. The molecule has 1 N–H and O–H groups in total. The number of aryl methyl sites for hydroxylation is 2. The number of anilines is 1. The fraction of sp³-hybridized carbons (Fsp3) is 0.312. The number of thiophene rings is 1. The number of carbonyl (C=O) groups is 1. The molecule has 0 spiro atoms. The summed E-state index contributed by atoms with van der Waals surface area (Å²) in [5.41, 5.74) is 1.95. The first kappa shape index (κ1) is 15.5. The average molecular weight is 307 g/mol. The standard InChI is InChI=1S/C16H18FNO2S/c1-9-7-13(11(3)21-9)10(2)18-15-6-5-12(17)8-14(15)16(19)20-4/h5-8,10,18H,1-4H3. The molecule has 0 aliphatic carbocycles. The van der Waals surface area contributed by atoms with Crippen LogP contribution in [0.4, 0.5) is 10.1 Å². The predicted molar refractivity (Wildman–Crippen MR) is 83.6 cm³/mol. The van der Waals surface area contributed by atoms with E-state index in [1.165, 1.54) is 34.6 Å². The number of esters is 1. The second kappa shape index (κ2) is 6.26. The van der Waals surface area contributed by atoms with Crippen molar-refractivity contribution >= 4 is 23.0 Å². The van der Waals surface area contributed by atoms with Gasteiger partial charge in [0.15, 0.2) is 0 Å². The summed E-state index contributed by atoms with van der Waals surface area (Å²) >= 11 is 1.73. The topological polar surface area (TPSA) is 38.3 Å². The smallest absolute Gasteiger partial charge is 0.340 e. The monoisotopic (exact) mass is 307 g/mol. The zero-order chi connectivity index (χ0) is 15.6. The van der Waals surface area contributed by atoms with E-state index in [0.717, 1.165) is 0 Å². The lowest BCUT2D eigenvalue weighted by molar-refractivity contribution is 0.0601. The molecule has 0 amide bonds. The highest BCUT2D eigenvalue weighted by molar-refractivity contribution is 7.12. The number of hydrogen-bond donors (Lipinski definition) is 1. The molecule has 1 unspecified atom stereocenters. The first-order valence-corrected chi connectivity index (χ1v) is 7.45. The van der Waals surface area contributed by atoms with Crippen LogP contribution in [0.15, 0.2) is 24.3 Å². The van der Waals surface area contributed by atoms with Gasteiger partial charge >= 0.3 is 5.97 Å². The molecule has 0 fully saturated rings. The Morgan fingerprint density at radius 2 is 2.05 bits per heavy atom.